The standard InChI is InChI=1S/C20H20N4O3S/c1-3-12-24-17-7-5-4-6-16(17)21-20(24)28-13-18(25)22-23-19(26)14-8-10-15(27-2)11-9-14/h3-11H,1,12-13H2,2H3,(H,22,25)(H,23,26). The second-order valence-corrected chi connectivity index (χ2v) is 6.74. The first-order valence-corrected chi connectivity index (χ1v) is 9.53. The van der Waals surface area contributed by atoms with Crippen LogP contribution in [-0.2, 0) is 11.3 Å². The molecule has 8 heteroatoms. The Balaban J connectivity index is 1.57. The Hall–Kier alpha value is -3.26. The van der Waals surface area contributed by atoms with E-state index in [0.717, 1.165) is 16.2 Å². The van der Waals surface area contributed by atoms with Crippen molar-refractivity contribution in [2.75, 3.05) is 12.9 Å². The van der Waals surface area contributed by atoms with Crippen LogP contribution in [0.15, 0.2) is 66.3 Å². The van der Waals surface area contributed by atoms with Crippen molar-refractivity contribution < 1.29 is 14.3 Å². The Bertz CT molecular complexity index is 998. The minimum atomic E-state index is -0.403. The van der Waals surface area contributed by atoms with Gasteiger partial charge in [-0.05, 0) is 36.4 Å². The van der Waals surface area contributed by atoms with E-state index in [9.17, 15) is 9.59 Å². The first-order valence-electron chi connectivity index (χ1n) is 8.54. The van der Waals surface area contributed by atoms with Gasteiger partial charge in [0.1, 0.15) is 5.75 Å². The van der Waals surface area contributed by atoms with Crippen LogP contribution in [0.5, 0.6) is 5.75 Å². The van der Waals surface area contributed by atoms with Gasteiger partial charge in [-0.15, -0.1) is 6.58 Å². The number of nitrogens with one attached hydrogen (secondary N) is 2. The summed E-state index contributed by atoms with van der Waals surface area (Å²) in [5.74, 6) is 0.0342. The van der Waals surface area contributed by atoms with Crippen molar-refractivity contribution in [3.63, 3.8) is 0 Å². The summed E-state index contributed by atoms with van der Waals surface area (Å²) in [6, 6.07) is 14.4. The topological polar surface area (TPSA) is 85.2 Å². The van der Waals surface area contributed by atoms with Crippen LogP contribution in [0.25, 0.3) is 11.0 Å². The number of rotatable bonds is 7. The predicted molar refractivity (Wildman–Crippen MR) is 109 cm³/mol. The Morgan fingerprint density at radius 1 is 1.18 bits per heavy atom. The summed E-state index contributed by atoms with van der Waals surface area (Å²) < 4.78 is 7.05. The molecule has 2 amide bonds. The minimum absolute atomic E-state index is 0.114. The molecule has 3 rings (SSSR count). The molecule has 0 bridgehead atoms. The molecule has 144 valence electrons. The van der Waals surface area contributed by atoms with Crippen molar-refractivity contribution in [2.45, 2.75) is 11.7 Å². The highest BCUT2D eigenvalue weighted by atomic mass is 32.2. The van der Waals surface area contributed by atoms with Gasteiger partial charge in [0.15, 0.2) is 5.16 Å². The third kappa shape index (κ3) is 4.52. The number of aromatic nitrogens is 2. The average molecular weight is 396 g/mol. The normalized spacial score (nSPS) is 10.5. The summed E-state index contributed by atoms with van der Waals surface area (Å²) in [6.07, 6.45) is 1.79. The molecule has 0 radical (unpaired) electrons. The third-order valence-electron chi connectivity index (χ3n) is 3.93. The van der Waals surface area contributed by atoms with Crippen molar-refractivity contribution in [2.24, 2.45) is 0 Å². The number of thioether (sulfide) groups is 1. The van der Waals surface area contributed by atoms with Crippen LogP contribution in [0.3, 0.4) is 0 Å². The SMILES string of the molecule is C=CCn1c(SCC(=O)NNC(=O)c2ccc(OC)cc2)nc2ccccc21. The number of ether oxygens (including phenoxy) is 1. The zero-order valence-corrected chi connectivity index (χ0v) is 16.2. The molecule has 1 heterocycles. The molecule has 2 N–H and O–H groups in total. The van der Waals surface area contributed by atoms with Gasteiger partial charge >= 0.3 is 0 Å². The maximum atomic E-state index is 12.1. The van der Waals surface area contributed by atoms with Crippen molar-refractivity contribution in [1.29, 1.82) is 0 Å². The summed E-state index contributed by atoms with van der Waals surface area (Å²) >= 11 is 1.30. The van der Waals surface area contributed by atoms with Crippen molar-refractivity contribution in [3.05, 3.63) is 66.7 Å². The van der Waals surface area contributed by atoms with E-state index in [4.69, 9.17) is 4.74 Å². The van der Waals surface area contributed by atoms with E-state index in [1.807, 2.05) is 28.8 Å². The lowest BCUT2D eigenvalue weighted by molar-refractivity contribution is -0.119. The summed E-state index contributed by atoms with van der Waals surface area (Å²) in [4.78, 5) is 28.8. The van der Waals surface area contributed by atoms with E-state index in [1.165, 1.54) is 11.8 Å². The molecule has 0 fully saturated rings. The van der Waals surface area contributed by atoms with Crippen LogP contribution in [0.1, 0.15) is 10.4 Å². The largest absolute Gasteiger partial charge is 0.497 e. The zero-order valence-electron chi connectivity index (χ0n) is 15.3. The Labute approximate surface area is 166 Å². The minimum Gasteiger partial charge on any atom is -0.497 e. The molecule has 0 spiro atoms. The molecule has 0 unspecified atom stereocenters. The van der Waals surface area contributed by atoms with E-state index in [0.29, 0.717) is 17.9 Å². The van der Waals surface area contributed by atoms with Gasteiger partial charge in [0.2, 0.25) is 5.91 Å². The molecular formula is C20H20N4O3S. The van der Waals surface area contributed by atoms with Gasteiger partial charge in [-0.25, -0.2) is 4.98 Å². The molecule has 0 atom stereocenters. The molecule has 2 aromatic carbocycles. The second-order valence-electron chi connectivity index (χ2n) is 5.80. The Morgan fingerprint density at radius 3 is 2.64 bits per heavy atom. The number of hydrogen-bond donors (Lipinski definition) is 2. The molecule has 1 aromatic heterocycles. The first-order chi connectivity index (χ1) is 13.6. The van der Waals surface area contributed by atoms with E-state index in [1.54, 1.807) is 37.5 Å². The number of carbonyl (C=O) groups excluding carboxylic acids is 2. The van der Waals surface area contributed by atoms with Crippen molar-refractivity contribution in [3.8, 4) is 5.75 Å². The fourth-order valence-electron chi connectivity index (χ4n) is 2.58. The summed E-state index contributed by atoms with van der Waals surface area (Å²) in [5.41, 5.74) is 7.08. The van der Waals surface area contributed by atoms with Crippen molar-refractivity contribution in [1.82, 2.24) is 20.4 Å². The van der Waals surface area contributed by atoms with E-state index < -0.39 is 5.91 Å². The van der Waals surface area contributed by atoms with Gasteiger partial charge in [-0.3, -0.25) is 20.4 Å². The molecule has 0 saturated carbocycles. The molecule has 0 saturated heterocycles. The van der Waals surface area contributed by atoms with Crippen LogP contribution in [0.2, 0.25) is 0 Å². The van der Waals surface area contributed by atoms with Crippen LogP contribution in [0, 0.1) is 0 Å². The predicted octanol–water partition coefficient (Wildman–Crippen LogP) is 2.78. The fraction of sp³-hybridized carbons (Fsp3) is 0.150. The number of imidazole rings is 1. The maximum Gasteiger partial charge on any atom is 0.269 e. The lowest BCUT2D eigenvalue weighted by Crippen LogP contribution is -2.42. The highest BCUT2D eigenvalue weighted by molar-refractivity contribution is 7.99. The van der Waals surface area contributed by atoms with E-state index in [2.05, 4.69) is 22.4 Å². The number of carbonyl (C=O) groups is 2. The van der Waals surface area contributed by atoms with E-state index >= 15 is 0 Å². The van der Waals surface area contributed by atoms with Gasteiger partial charge in [-0.1, -0.05) is 30.0 Å². The van der Waals surface area contributed by atoms with Crippen LogP contribution >= 0.6 is 11.8 Å². The number of benzene rings is 2. The number of fused-ring (bicyclic) bond motifs is 1. The molecular weight excluding hydrogens is 376 g/mol. The number of allylic oxidation sites excluding steroid dienone is 1. The average Bonchev–Trinajstić information content (AvgIpc) is 3.08. The molecule has 0 aliphatic rings. The molecule has 0 aliphatic heterocycles. The second kappa shape index (κ2) is 9.09. The summed E-state index contributed by atoms with van der Waals surface area (Å²) in [5, 5.41) is 0.720. The van der Waals surface area contributed by atoms with Crippen LogP contribution < -0.4 is 15.6 Å². The van der Waals surface area contributed by atoms with Gasteiger partial charge < -0.3 is 9.30 Å². The fourth-order valence-corrected chi connectivity index (χ4v) is 3.40. The quantitative estimate of drug-likeness (QED) is 0.364. The van der Waals surface area contributed by atoms with Gasteiger partial charge in [0, 0.05) is 12.1 Å². The number of hydrazine groups is 1. The van der Waals surface area contributed by atoms with Gasteiger partial charge in [0.05, 0.1) is 23.9 Å². The monoisotopic (exact) mass is 396 g/mol. The molecule has 0 aliphatic carbocycles. The lowest BCUT2D eigenvalue weighted by atomic mass is 10.2. The first kappa shape index (κ1) is 19.5. The number of amides is 2. The smallest absolute Gasteiger partial charge is 0.269 e. The zero-order chi connectivity index (χ0) is 19.9. The highest BCUT2D eigenvalue weighted by Crippen LogP contribution is 2.23. The highest BCUT2D eigenvalue weighted by Gasteiger charge is 2.13. The van der Waals surface area contributed by atoms with Crippen LogP contribution in [-0.4, -0.2) is 34.2 Å². The van der Waals surface area contributed by atoms with E-state index in [-0.39, 0.29) is 11.7 Å². The third-order valence-corrected chi connectivity index (χ3v) is 4.91. The molecule has 7 nitrogen and oxygen atoms in total. The molecule has 3 aromatic rings. The Kier molecular flexibility index (Phi) is 6.33. The molecule has 28 heavy (non-hydrogen) atoms. The number of methoxy groups -OCH3 is 1. The van der Waals surface area contributed by atoms with Crippen molar-refractivity contribution >= 4 is 34.6 Å². The number of para-hydroxylation sites is 2. The number of nitrogens with zero attached hydrogens (tertiary/aromatic N) is 2. The lowest BCUT2D eigenvalue weighted by Gasteiger charge is -2.08. The summed E-state index contributed by atoms with van der Waals surface area (Å²) in [7, 11) is 1.55. The van der Waals surface area contributed by atoms with Gasteiger partial charge in [0.25, 0.3) is 5.91 Å². The van der Waals surface area contributed by atoms with Gasteiger partial charge in [-0.2, -0.15) is 0 Å². The summed E-state index contributed by atoms with van der Waals surface area (Å²) in [6.45, 7) is 4.37. The maximum absolute atomic E-state index is 12.1. The Morgan fingerprint density at radius 2 is 1.93 bits per heavy atom. The van der Waals surface area contributed by atoms with Crippen LogP contribution in [0.4, 0.5) is 0 Å². The number of hydrogen-bond acceptors (Lipinski definition) is 5.